The van der Waals surface area contributed by atoms with Crippen LogP contribution in [0.3, 0.4) is 0 Å². The lowest BCUT2D eigenvalue weighted by Gasteiger charge is -2.29. The first-order valence-electron chi connectivity index (χ1n) is 8.14. The monoisotopic (exact) mass is 318 g/mol. The average Bonchev–Trinajstić information content (AvgIpc) is 2.48. The van der Waals surface area contributed by atoms with Crippen molar-refractivity contribution in [1.82, 2.24) is 19.8 Å². The summed E-state index contributed by atoms with van der Waals surface area (Å²) in [5, 5.41) is 3.28. The topological polar surface area (TPSA) is 64.7 Å². The number of piperidine rings is 1. The lowest BCUT2D eigenvalue weighted by molar-refractivity contribution is 0.213. The van der Waals surface area contributed by atoms with Crippen LogP contribution in [0.25, 0.3) is 0 Å². The van der Waals surface area contributed by atoms with E-state index in [4.69, 9.17) is 0 Å². The molecular formula is C14H30N4O2S. The van der Waals surface area contributed by atoms with Gasteiger partial charge in [-0.25, -0.2) is 13.1 Å². The Morgan fingerprint density at radius 2 is 1.81 bits per heavy atom. The molecule has 0 aromatic rings. The molecule has 0 aromatic heterocycles. The second-order valence-corrected chi connectivity index (χ2v) is 8.27. The van der Waals surface area contributed by atoms with Gasteiger partial charge in [0.1, 0.15) is 0 Å². The Labute approximate surface area is 129 Å². The van der Waals surface area contributed by atoms with Gasteiger partial charge in [0, 0.05) is 39.3 Å². The van der Waals surface area contributed by atoms with Gasteiger partial charge in [0.2, 0.25) is 10.0 Å². The fourth-order valence-electron chi connectivity index (χ4n) is 3.03. The molecule has 0 radical (unpaired) electrons. The molecule has 2 fully saturated rings. The Kier molecular flexibility index (Phi) is 6.88. The molecular weight excluding hydrogens is 288 g/mol. The van der Waals surface area contributed by atoms with Crippen LogP contribution in [-0.4, -0.2) is 83.4 Å². The summed E-state index contributed by atoms with van der Waals surface area (Å²) in [7, 11) is -0.967. The van der Waals surface area contributed by atoms with Crippen LogP contribution in [-0.2, 0) is 10.0 Å². The van der Waals surface area contributed by atoms with Crippen molar-refractivity contribution in [3.05, 3.63) is 0 Å². The lowest BCUT2D eigenvalue weighted by atomic mass is 9.94. The molecule has 0 unspecified atom stereocenters. The molecule has 2 aliphatic heterocycles. The SMILES string of the molecule is CN1CCC(CCNS(=O)(=O)CCN2CCNCC2)CC1. The highest BCUT2D eigenvalue weighted by atomic mass is 32.2. The van der Waals surface area contributed by atoms with Gasteiger partial charge >= 0.3 is 0 Å². The van der Waals surface area contributed by atoms with Crippen molar-refractivity contribution in [3.8, 4) is 0 Å². The third-order valence-electron chi connectivity index (χ3n) is 4.60. The van der Waals surface area contributed by atoms with E-state index in [1.54, 1.807) is 0 Å². The Hall–Kier alpha value is -0.210. The third kappa shape index (κ3) is 6.61. The van der Waals surface area contributed by atoms with Crippen molar-refractivity contribution in [2.75, 3.05) is 65.2 Å². The van der Waals surface area contributed by atoms with Crippen molar-refractivity contribution < 1.29 is 8.42 Å². The summed E-state index contributed by atoms with van der Waals surface area (Å²) in [6.45, 7) is 7.34. The van der Waals surface area contributed by atoms with Crippen molar-refractivity contribution in [1.29, 1.82) is 0 Å². The predicted octanol–water partition coefficient (Wildman–Crippen LogP) is -0.457. The van der Waals surface area contributed by atoms with Crippen LogP contribution in [0.2, 0.25) is 0 Å². The number of hydrogen-bond acceptors (Lipinski definition) is 5. The van der Waals surface area contributed by atoms with Gasteiger partial charge in [-0.3, -0.25) is 4.90 Å². The molecule has 2 saturated heterocycles. The normalized spacial score (nSPS) is 23.5. The first-order chi connectivity index (χ1) is 10.1. The summed E-state index contributed by atoms with van der Waals surface area (Å²) in [5.41, 5.74) is 0. The zero-order valence-electron chi connectivity index (χ0n) is 13.2. The maximum Gasteiger partial charge on any atom is 0.212 e. The molecule has 124 valence electrons. The summed E-state index contributed by atoms with van der Waals surface area (Å²) in [4.78, 5) is 4.56. The van der Waals surface area contributed by atoms with E-state index in [2.05, 4.69) is 26.9 Å². The average molecular weight is 318 g/mol. The lowest BCUT2D eigenvalue weighted by Crippen LogP contribution is -2.46. The summed E-state index contributed by atoms with van der Waals surface area (Å²) < 4.78 is 26.8. The Balaban J connectivity index is 1.59. The molecule has 2 heterocycles. The van der Waals surface area contributed by atoms with E-state index >= 15 is 0 Å². The molecule has 0 bridgehead atoms. The first-order valence-corrected chi connectivity index (χ1v) is 9.79. The zero-order chi connectivity index (χ0) is 15.1. The molecule has 0 aliphatic carbocycles. The van der Waals surface area contributed by atoms with E-state index in [0.29, 0.717) is 19.0 Å². The molecule has 0 atom stereocenters. The Morgan fingerprint density at radius 3 is 2.48 bits per heavy atom. The molecule has 0 spiro atoms. The van der Waals surface area contributed by atoms with Crippen molar-refractivity contribution in [3.63, 3.8) is 0 Å². The minimum absolute atomic E-state index is 0.223. The van der Waals surface area contributed by atoms with Crippen molar-refractivity contribution in [2.24, 2.45) is 5.92 Å². The third-order valence-corrected chi connectivity index (χ3v) is 5.96. The van der Waals surface area contributed by atoms with Gasteiger partial charge < -0.3 is 10.2 Å². The molecule has 2 aliphatic rings. The van der Waals surface area contributed by atoms with Gasteiger partial charge in [0.15, 0.2) is 0 Å². The summed E-state index contributed by atoms with van der Waals surface area (Å²) in [6, 6.07) is 0. The van der Waals surface area contributed by atoms with Gasteiger partial charge in [-0.15, -0.1) is 0 Å². The van der Waals surface area contributed by atoms with Crippen LogP contribution in [0.1, 0.15) is 19.3 Å². The number of hydrogen-bond donors (Lipinski definition) is 2. The van der Waals surface area contributed by atoms with Gasteiger partial charge in [-0.1, -0.05) is 0 Å². The number of sulfonamides is 1. The standard InChI is InChI=1S/C14H30N4O2S/c1-17-8-3-14(4-9-17)2-5-16-21(19,20)13-12-18-10-6-15-7-11-18/h14-16H,2-13H2,1H3. The second kappa shape index (κ2) is 8.43. The Bertz CT molecular complexity index is 388. The molecule has 7 heteroatoms. The number of nitrogens with one attached hydrogen (secondary N) is 2. The first kappa shape index (κ1) is 17.1. The molecule has 2 N–H and O–H groups in total. The molecule has 21 heavy (non-hydrogen) atoms. The second-order valence-electron chi connectivity index (χ2n) is 6.34. The van der Waals surface area contributed by atoms with Crippen LogP contribution < -0.4 is 10.0 Å². The zero-order valence-corrected chi connectivity index (χ0v) is 14.0. The van der Waals surface area contributed by atoms with Crippen molar-refractivity contribution in [2.45, 2.75) is 19.3 Å². The fourth-order valence-corrected chi connectivity index (χ4v) is 4.10. The van der Waals surface area contributed by atoms with Gasteiger partial charge in [-0.05, 0) is 45.3 Å². The van der Waals surface area contributed by atoms with Gasteiger partial charge in [-0.2, -0.15) is 0 Å². The molecule has 2 rings (SSSR count). The molecule has 0 aromatic carbocycles. The van der Waals surface area contributed by atoms with Gasteiger partial charge in [0.25, 0.3) is 0 Å². The van der Waals surface area contributed by atoms with Crippen LogP contribution in [0.4, 0.5) is 0 Å². The highest BCUT2D eigenvalue weighted by Gasteiger charge is 2.18. The molecule has 0 amide bonds. The maximum absolute atomic E-state index is 12.0. The summed E-state index contributed by atoms with van der Waals surface area (Å²) in [6.07, 6.45) is 3.36. The quantitative estimate of drug-likeness (QED) is 0.665. The highest BCUT2D eigenvalue weighted by molar-refractivity contribution is 7.89. The predicted molar refractivity (Wildman–Crippen MR) is 85.9 cm³/mol. The minimum Gasteiger partial charge on any atom is -0.314 e. The number of piperazine rings is 1. The fraction of sp³-hybridized carbons (Fsp3) is 1.00. The van der Waals surface area contributed by atoms with E-state index in [-0.39, 0.29) is 5.75 Å². The van der Waals surface area contributed by atoms with Crippen LogP contribution in [0.5, 0.6) is 0 Å². The minimum atomic E-state index is -3.12. The Morgan fingerprint density at radius 1 is 1.14 bits per heavy atom. The van der Waals surface area contributed by atoms with E-state index in [1.807, 2.05) is 0 Å². The van der Waals surface area contributed by atoms with E-state index in [9.17, 15) is 8.42 Å². The maximum atomic E-state index is 12.0. The number of rotatable bonds is 7. The van der Waals surface area contributed by atoms with Crippen molar-refractivity contribution >= 4 is 10.0 Å². The number of nitrogens with zero attached hydrogens (tertiary/aromatic N) is 2. The van der Waals surface area contributed by atoms with E-state index in [1.165, 1.54) is 12.8 Å². The van der Waals surface area contributed by atoms with Crippen LogP contribution >= 0.6 is 0 Å². The summed E-state index contributed by atoms with van der Waals surface area (Å²) >= 11 is 0. The van der Waals surface area contributed by atoms with Crippen LogP contribution in [0.15, 0.2) is 0 Å². The summed E-state index contributed by atoms with van der Waals surface area (Å²) in [5.74, 6) is 0.900. The highest BCUT2D eigenvalue weighted by Crippen LogP contribution is 2.18. The van der Waals surface area contributed by atoms with Crippen LogP contribution in [0, 0.1) is 5.92 Å². The molecule has 6 nitrogen and oxygen atoms in total. The largest absolute Gasteiger partial charge is 0.314 e. The smallest absolute Gasteiger partial charge is 0.212 e. The van der Waals surface area contributed by atoms with Gasteiger partial charge in [0.05, 0.1) is 5.75 Å². The van der Waals surface area contributed by atoms with E-state index in [0.717, 1.165) is 45.7 Å². The molecule has 0 saturated carbocycles. The van der Waals surface area contributed by atoms with E-state index < -0.39 is 10.0 Å². The number of likely N-dealkylation sites (tertiary alicyclic amines) is 1.